The number of hydrogen-bond donors (Lipinski definition) is 2. The summed E-state index contributed by atoms with van der Waals surface area (Å²) in [5.74, 6) is -1.84. The molecule has 2 rings (SSSR count). The second-order valence-electron chi connectivity index (χ2n) is 5.14. The lowest BCUT2D eigenvalue weighted by molar-refractivity contribution is -0.142. The van der Waals surface area contributed by atoms with Crippen molar-refractivity contribution in [3.63, 3.8) is 0 Å². The predicted molar refractivity (Wildman–Crippen MR) is 75.3 cm³/mol. The van der Waals surface area contributed by atoms with Crippen molar-refractivity contribution in [1.29, 1.82) is 0 Å². The van der Waals surface area contributed by atoms with E-state index in [1.807, 2.05) is 0 Å². The molecule has 112 valence electrons. The average molecular weight is 290 g/mol. The molecule has 1 aromatic rings. The van der Waals surface area contributed by atoms with Gasteiger partial charge in [0, 0.05) is 20.0 Å². The van der Waals surface area contributed by atoms with Gasteiger partial charge in [-0.05, 0) is 12.0 Å². The molecule has 21 heavy (non-hydrogen) atoms. The molecule has 6 heteroatoms. The number of nitrogens with zero attached hydrogens (tertiary/aromatic N) is 1. The van der Waals surface area contributed by atoms with Crippen LogP contribution in [0.1, 0.15) is 24.9 Å². The summed E-state index contributed by atoms with van der Waals surface area (Å²) in [5, 5.41) is 11.8. The van der Waals surface area contributed by atoms with Crippen LogP contribution in [0.2, 0.25) is 0 Å². The standard InChI is InChI=1S/C15H18N2O4/c1-10(18)17-8-7-12(9-17)14(19)16-13(15(20)21)11-5-3-2-4-6-11/h2-6,12-13H,7-9H2,1H3,(H,16,19)(H,20,21)/t12?,13-/m0/s1. The number of nitrogens with one attached hydrogen (secondary N) is 1. The van der Waals surface area contributed by atoms with E-state index in [2.05, 4.69) is 5.32 Å². The Morgan fingerprint density at radius 1 is 1.29 bits per heavy atom. The maximum absolute atomic E-state index is 12.2. The first kappa shape index (κ1) is 15.0. The van der Waals surface area contributed by atoms with Crippen LogP contribution in [0.5, 0.6) is 0 Å². The molecule has 6 nitrogen and oxygen atoms in total. The quantitative estimate of drug-likeness (QED) is 0.858. The summed E-state index contributed by atoms with van der Waals surface area (Å²) in [7, 11) is 0. The molecule has 2 amide bonds. The van der Waals surface area contributed by atoms with E-state index >= 15 is 0 Å². The molecule has 1 saturated heterocycles. The van der Waals surface area contributed by atoms with Crippen molar-refractivity contribution in [2.75, 3.05) is 13.1 Å². The SMILES string of the molecule is CC(=O)N1CCC(C(=O)N[C@H](C(=O)O)c2ccccc2)C1. The Balaban J connectivity index is 2.03. The summed E-state index contributed by atoms with van der Waals surface area (Å²) in [6.45, 7) is 2.35. The van der Waals surface area contributed by atoms with Crippen LogP contribution >= 0.6 is 0 Å². The summed E-state index contributed by atoms with van der Waals surface area (Å²) in [4.78, 5) is 36.4. The van der Waals surface area contributed by atoms with Crippen LogP contribution in [-0.2, 0) is 14.4 Å². The molecule has 0 aliphatic carbocycles. The minimum atomic E-state index is -1.10. The molecule has 1 unspecified atom stereocenters. The minimum absolute atomic E-state index is 0.0665. The van der Waals surface area contributed by atoms with Gasteiger partial charge in [-0.15, -0.1) is 0 Å². The number of benzene rings is 1. The highest BCUT2D eigenvalue weighted by Gasteiger charge is 2.32. The number of hydrogen-bond acceptors (Lipinski definition) is 3. The highest BCUT2D eigenvalue weighted by Crippen LogP contribution is 2.19. The van der Waals surface area contributed by atoms with Gasteiger partial charge in [0.2, 0.25) is 11.8 Å². The summed E-state index contributed by atoms with van der Waals surface area (Å²) in [6.07, 6.45) is 0.562. The fourth-order valence-electron chi connectivity index (χ4n) is 2.45. The molecular weight excluding hydrogens is 272 g/mol. The number of carboxylic acid groups (broad SMARTS) is 1. The van der Waals surface area contributed by atoms with Crippen molar-refractivity contribution in [3.8, 4) is 0 Å². The molecule has 2 N–H and O–H groups in total. The van der Waals surface area contributed by atoms with Gasteiger partial charge in [0.15, 0.2) is 6.04 Å². The van der Waals surface area contributed by atoms with Gasteiger partial charge in [-0.2, -0.15) is 0 Å². The number of likely N-dealkylation sites (tertiary alicyclic amines) is 1. The van der Waals surface area contributed by atoms with E-state index in [4.69, 9.17) is 0 Å². The van der Waals surface area contributed by atoms with Crippen LogP contribution in [0.15, 0.2) is 30.3 Å². The third kappa shape index (κ3) is 3.59. The Hall–Kier alpha value is -2.37. The van der Waals surface area contributed by atoms with Crippen molar-refractivity contribution in [2.24, 2.45) is 5.92 Å². The lowest BCUT2D eigenvalue weighted by Gasteiger charge is -2.18. The molecule has 1 aliphatic heterocycles. The summed E-state index contributed by atoms with van der Waals surface area (Å²) >= 11 is 0. The maximum Gasteiger partial charge on any atom is 0.330 e. The van der Waals surface area contributed by atoms with Crippen molar-refractivity contribution in [1.82, 2.24) is 10.2 Å². The van der Waals surface area contributed by atoms with E-state index in [0.29, 0.717) is 25.1 Å². The van der Waals surface area contributed by atoms with Gasteiger partial charge in [-0.3, -0.25) is 9.59 Å². The number of amides is 2. The van der Waals surface area contributed by atoms with Crippen molar-refractivity contribution in [3.05, 3.63) is 35.9 Å². The smallest absolute Gasteiger partial charge is 0.330 e. The lowest BCUT2D eigenvalue weighted by atomic mass is 10.0. The second kappa shape index (κ2) is 6.39. The van der Waals surface area contributed by atoms with Crippen LogP contribution < -0.4 is 5.32 Å². The monoisotopic (exact) mass is 290 g/mol. The number of rotatable bonds is 4. The highest BCUT2D eigenvalue weighted by molar-refractivity contribution is 5.86. The Morgan fingerprint density at radius 3 is 2.48 bits per heavy atom. The van der Waals surface area contributed by atoms with E-state index < -0.39 is 12.0 Å². The third-order valence-electron chi connectivity index (χ3n) is 3.67. The van der Waals surface area contributed by atoms with Crippen molar-refractivity contribution < 1.29 is 19.5 Å². The zero-order valence-corrected chi connectivity index (χ0v) is 11.8. The molecular formula is C15H18N2O4. The van der Waals surface area contributed by atoms with Crippen molar-refractivity contribution in [2.45, 2.75) is 19.4 Å². The molecule has 0 radical (unpaired) electrons. The van der Waals surface area contributed by atoms with Crippen LogP contribution in [0.25, 0.3) is 0 Å². The van der Waals surface area contributed by atoms with Gasteiger partial charge in [-0.25, -0.2) is 4.79 Å². The van der Waals surface area contributed by atoms with Gasteiger partial charge in [0.1, 0.15) is 0 Å². The van der Waals surface area contributed by atoms with Gasteiger partial charge >= 0.3 is 5.97 Å². The molecule has 0 spiro atoms. The van der Waals surface area contributed by atoms with E-state index in [9.17, 15) is 19.5 Å². The molecule has 2 atom stereocenters. The van der Waals surface area contributed by atoms with Gasteiger partial charge in [-0.1, -0.05) is 30.3 Å². The third-order valence-corrected chi connectivity index (χ3v) is 3.67. The Kier molecular flexibility index (Phi) is 4.57. The number of carbonyl (C=O) groups is 3. The Bertz CT molecular complexity index is 544. The minimum Gasteiger partial charge on any atom is -0.479 e. The Morgan fingerprint density at radius 2 is 1.95 bits per heavy atom. The number of aliphatic carboxylic acids is 1. The summed E-state index contributed by atoms with van der Waals surface area (Å²) < 4.78 is 0. The van der Waals surface area contributed by atoms with E-state index in [-0.39, 0.29) is 17.7 Å². The maximum atomic E-state index is 12.2. The second-order valence-corrected chi connectivity index (χ2v) is 5.14. The fraction of sp³-hybridized carbons (Fsp3) is 0.400. The first-order chi connectivity index (χ1) is 9.99. The molecule has 0 aromatic heterocycles. The molecule has 1 heterocycles. The van der Waals surface area contributed by atoms with Crippen LogP contribution in [0.3, 0.4) is 0 Å². The number of carboxylic acids is 1. The van der Waals surface area contributed by atoms with E-state index in [1.165, 1.54) is 6.92 Å². The molecule has 1 fully saturated rings. The van der Waals surface area contributed by atoms with Gasteiger partial charge in [0.05, 0.1) is 5.92 Å². The largest absolute Gasteiger partial charge is 0.479 e. The summed E-state index contributed by atoms with van der Waals surface area (Å²) in [5.41, 5.74) is 0.528. The number of carbonyl (C=O) groups excluding carboxylic acids is 2. The average Bonchev–Trinajstić information content (AvgIpc) is 2.95. The zero-order valence-electron chi connectivity index (χ0n) is 11.8. The summed E-state index contributed by atoms with van der Waals surface area (Å²) in [6, 6.07) is 7.50. The normalized spacial score (nSPS) is 19.1. The molecule has 0 bridgehead atoms. The van der Waals surface area contributed by atoms with Crippen LogP contribution in [-0.4, -0.2) is 40.9 Å². The van der Waals surface area contributed by atoms with Crippen LogP contribution in [0.4, 0.5) is 0 Å². The topological polar surface area (TPSA) is 86.7 Å². The van der Waals surface area contributed by atoms with Gasteiger partial charge < -0.3 is 15.3 Å². The first-order valence-corrected chi connectivity index (χ1v) is 6.82. The van der Waals surface area contributed by atoms with E-state index in [0.717, 1.165) is 0 Å². The molecule has 0 saturated carbocycles. The Labute approximate surface area is 122 Å². The van der Waals surface area contributed by atoms with Gasteiger partial charge in [0.25, 0.3) is 0 Å². The zero-order chi connectivity index (χ0) is 15.4. The fourth-order valence-corrected chi connectivity index (χ4v) is 2.45. The first-order valence-electron chi connectivity index (χ1n) is 6.82. The van der Waals surface area contributed by atoms with E-state index in [1.54, 1.807) is 35.2 Å². The molecule has 1 aliphatic rings. The molecule has 1 aromatic carbocycles. The lowest BCUT2D eigenvalue weighted by Crippen LogP contribution is -2.39. The van der Waals surface area contributed by atoms with Crippen LogP contribution in [0, 0.1) is 5.92 Å². The van der Waals surface area contributed by atoms with Crippen molar-refractivity contribution >= 4 is 17.8 Å². The predicted octanol–water partition coefficient (Wildman–Crippen LogP) is 0.797. The highest BCUT2D eigenvalue weighted by atomic mass is 16.4.